The van der Waals surface area contributed by atoms with E-state index in [0.717, 1.165) is 23.3 Å². The molecule has 0 heterocycles. The molecule has 0 radical (unpaired) electrons. The van der Waals surface area contributed by atoms with Gasteiger partial charge in [-0.25, -0.2) is 0 Å². The van der Waals surface area contributed by atoms with Crippen molar-refractivity contribution in [3.05, 3.63) is 67.3 Å². The number of aryl methyl sites for hydroxylation is 2. The fourth-order valence-electron chi connectivity index (χ4n) is 2.22. The Bertz CT molecular complexity index is 835. The molecule has 23 heavy (non-hydrogen) atoms. The lowest BCUT2D eigenvalue weighted by atomic mass is 10.1. The number of hydrogen-bond acceptors (Lipinski definition) is 6. The van der Waals surface area contributed by atoms with Crippen LogP contribution < -0.4 is 5.32 Å². The van der Waals surface area contributed by atoms with Crippen molar-refractivity contribution in [2.45, 2.75) is 13.8 Å². The van der Waals surface area contributed by atoms with Crippen LogP contribution >= 0.6 is 0 Å². The Labute approximate surface area is 131 Å². The predicted octanol–water partition coefficient (Wildman–Crippen LogP) is 3.74. The molecule has 0 atom stereocenters. The highest BCUT2D eigenvalue weighted by Gasteiger charge is 2.25. The molecule has 2 rings (SSSR count). The average Bonchev–Trinajstić information content (AvgIpc) is 2.50. The second kappa shape index (κ2) is 6.11. The zero-order valence-electron chi connectivity index (χ0n) is 12.4. The third kappa shape index (κ3) is 3.08. The van der Waals surface area contributed by atoms with E-state index >= 15 is 0 Å². The van der Waals surface area contributed by atoms with Crippen LogP contribution in [-0.2, 0) is 0 Å². The van der Waals surface area contributed by atoms with E-state index in [2.05, 4.69) is 5.32 Å². The smallest absolute Gasteiger partial charge is 0.300 e. The molecule has 0 aliphatic carbocycles. The van der Waals surface area contributed by atoms with Gasteiger partial charge in [0.05, 0.1) is 21.5 Å². The molecule has 2 aromatic rings. The number of anilines is 2. The Morgan fingerprint density at radius 2 is 1.65 bits per heavy atom. The molecule has 0 spiro atoms. The maximum Gasteiger partial charge on any atom is 0.300 e. The first-order chi connectivity index (χ1) is 10.8. The fraction of sp³-hybridized carbons (Fsp3) is 0.133. The van der Waals surface area contributed by atoms with Gasteiger partial charge in [0.25, 0.3) is 5.69 Å². The lowest BCUT2D eigenvalue weighted by Crippen LogP contribution is -2.03. The van der Waals surface area contributed by atoms with E-state index in [9.17, 15) is 25.5 Å². The molecule has 0 saturated carbocycles. The van der Waals surface area contributed by atoms with Gasteiger partial charge in [0.1, 0.15) is 11.8 Å². The van der Waals surface area contributed by atoms with E-state index in [4.69, 9.17) is 0 Å². The third-order valence-corrected chi connectivity index (χ3v) is 3.36. The summed E-state index contributed by atoms with van der Waals surface area (Å²) in [4.78, 5) is 20.6. The van der Waals surface area contributed by atoms with Crippen LogP contribution in [0.5, 0.6) is 0 Å². The van der Waals surface area contributed by atoms with Crippen molar-refractivity contribution < 1.29 is 9.85 Å². The Morgan fingerprint density at radius 1 is 1.04 bits per heavy atom. The van der Waals surface area contributed by atoms with Gasteiger partial charge in [-0.05, 0) is 25.0 Å². The number of benzene rings is 2. The maximum atomic E-state index is 11.3. The minimum atomic E-state index is -0.767. The van der Waals surface area contributed by atoms with Crippen molar-refractivity contribution >= 4 is 22.7 Å². The zero-order chi connectivity index (χ0) is 17.1. The van der Waals surface area contributed by atoms with Crippen LogP contribution in [-0.4, -0.2) is 9.85 Å². The maximum absolute atomic E-state index is 11.3. The molecule has 0 unspecified atom stereocenters. The second-order valence-electron chi connectivity index (χ2n) is 4.91. The van der Waals surface area contributed by atoms with Gasteiger partial charge in [-0.2, -0.15) is 5.26 Å². The number of nitro groups is 2. The molecule has 0 bridgehead atoms. The third-order valence-electron chi connectivity index (χ3n) is 3.36. The van der Waals surface area contributed by atoms with Crippen LogP contribution in [0.25, 0.3) is 0 Å². The highest BCUT2D eigenvalue weighted by atomic mass is 16.6. The number of hydrogen-bond donors (Lipinski definition) is 1. The number of nitrogens with one attached hydrogen (secondary N) is 1. The van der Waals surface area contributed by atoms with Gasteiger partial charge in [0.15, 0.2) is 0 Å². The summed E-state index contributed by atoms with van der Waals surface area (Å²) in [5.41, 5.74) is 1.07. The summed E-state index contributed by atoms with van der Waals surface area (Å²) in [5.74, 6) is 0. The number of para-hydroxylation sites is 1. The summed E-state index contributed by atoms with van der Waals surface area (Å²) < 4.78 is 0. The van der Waals surface area contributed by atoms with Crippen LogP contribution in [0.3, 0.4) is 0 Å². The summed E-state index contributed by atoms with van der Waals surface area (Å²) in [6, 6.07) is 9.11. The Kier molecular flexibility index (Phi) is 4.23. The minimum Gasteiger partial charge on any atom is -0.348 e. The van der Waals surface area contributed by atoms with E-state index in [1.807, 2.05) is 32.0 Å². The molecule has 0 fully saturated rings. The predicted molar refractivity (Wildman–Crippen MR) is 83.7 cm³/mol. The summed E-state index contributed by atoms with van der Waals surface area (Å²) >= 11 is 0. The monoisotopic (exact) mass is 312 g/mol. The van der Waals surface area contributed by atoms with Crippen molar-refractivity contribution in [2.75, 3.05) is 5.32 Å². The van der Waals surface area contributed by atoms with Crippen LogP contribution in [0, 0.1) is 45.4 Å². The van der Waals surface area contributed by atoms with Gasteiger partial charge < -0.3 is 5.32 Å². The zero-order valence-corrected chi connectivity index (χ0v) is 12.4. The largest absolute Gasteiger partial charge is 0.348 e. The number of nitriles is 1. The minimum absolute atomic E-state index is 0.0551. The number of nitro benzene ring substituents is 2. The van der Waals surface area contributed by atoms with E-state index in [1.54, 1.807) is 6.07 Å². The van der Waals surface area contributed by atoms with Crippen LogP contribution in [0.1, 0.15) is 16.7 Å². The van der Waals surface area contributed by atoms with Crippen molar-refractivity contribution in [2.24, 2.45) is 0 Å². The number of non-ortho nitro benzene ring substituents is 1. The molecule has 0 aliphatic heterocycles. The van der Waals surface area contributed by atoms with E-state index < -0.39 is 21.2 Å². The number of rotatable bonds is 4. The van der Waals surface area contributed by atoms with E-state index in [-0.39, 0.29) is 11.3 Å². The summed E-state index contributed by atoms with van der Waals surface area (Å²) in [7, 11) is 0. The molecule has 0 aliphatic rings. The first kappa shape index (κ1) is 15.9. The van der Waals surface area contributed by atoms with Gasteiger partial charge in [0.2, 0.25) is 0 Å². The number of nitrogens with zero attached hydrogens (tertiary/aromatic N) is 3. The molecule has 1 N–H and O–H groups in total. The summed E-state index contributed by atoms with van der Waals surface area (Å²) in [6.45, 7) is 3.64. The van der Waals surface area contributed by atoms with Crippen molar-refractivity contribution in [1.82, 2.24) is 0 Å². The van der Waals surface area contributed by atoms with Gasteiger partial charge in [-0.15, -0.1) is 0 Å². The molecule has 0 saturated heterocycles. The average molecular weight is 312 g/mol. The van der Waals surface area contributed by atoms with Crippen LogP contribution in [0.4, 0.5) is 22.7 Å². The summed E-state index contributed by atoms with van der Waals surface area (Å²) in [6.07, 6.45) is 0. The Hall–Kier alpha value is -3.47. The highest BCUT2D eigenvalue weighted by molar-refractivity contribution is 5.80. The second-order valence-corrected chi connectivity index (χ2v) is 4.91. The van der Waals surface area contributed by atoms with Gasteiger partial charge in [0, 0.05) is 11.8 Å². The first-order valence-corrected chi connectivity index (χ1v) is 6.55. The molecule has 8 nitrogen and oxygen atoms in total. The lowest BCUT2D eigenvalue weighted by molar-refractivity contribution is -0.393. The quantitative estimate of drug-likeness (QED) is 0.677. The molecular formula is C15H12N4O4. The van der Waals surface area contributed by atoms with Crippen molar-refractivity contribution in [3.8, 4) is 6.07 Å². The molecule has 0 amide bonds. The highest BCUT2D eigenvalue weighted by Crippen LogP contribution is 2.36. The molecular weight excluding hydrogens is 300 g/mol. The topological polar surface area (TPSA) is 122 Å². The molecule has 2 aromatic carbocycles. The van der Waals surface area contributed by atoms with E-state index in [0.29, 0.717) is 5.69 Å². The van der Waals surface area contributed by atoms with Crippen molar-refractivity contribution in [3.63, 3.8) is 0 Å². The standard InChI is InChI=1S/C15H12N4O4/c1-9-4-3-5-10(2)14(9)17-15-11(8-16)6-12(18(20)21)7-13(15)19(22)23/h3-7,17H,1-2H3. The normalized spacial score (nSPS) is 9.96. The van der Waals surface area contributed by atoms with Gasteiger partial charge >= 0.3 is 5.69 Å². The van der Waals surface area contributed by atoms with E-state index in [1.165, 1.54) is 0 Å². The Morgan fingerprint density at radius 3 is 2.13 bits per heavy atom. The molecule has 116 valence electrons. The Balaban J connectivity index is 2.68. The molecule has 8 heteroatoms. The first-order valence-electron chi connectivity index (χ1n) is 6.55. The fourth-order valence-corrected chi connectivity index (χ4v) is 2.22. The van der Waals surface area contributed by atoms with Crippen LogP contribution in [0.2, 0.25) is 0 Å². The van der Waals surface area contributed by atoms with Crippen LogP contribution in [0.15, 0.2) is 30.3 Å². The summed E-state index contributed by atoms with van der Waals surface area (Å²) in [5, 5.41) is 34.2. The molecule has 0 aromatic heterocycles. The van der Waals surface area contributed by atoms with Crippen molar-refractivity contribution in [1.29, 1.82) is 5.26 Å². The van der Waals surface area contributed by atoms with Gasteiger partial charge in [-0.3, -0.25) is 20.2 Å². The van der Waals surface area contributed by atoms with Gasteiger partial charge in [-0.1, -0.05) is 18.2 Å². The lowest BCUT2D eigenvalue weighted by Gasteiger charge is -2.13. The SMILES string of the molecule is Cc1cccc(C)c1Nc1c(C#N)cc([N+](=O)[O-])cc1[N+](=O)[O-].